The van der Waals surface area contributed by atoms with E-state index in [2.05, 4.69) is 16.0 Å². The van der Waals surface area contributed by atoms with E-state index in [9.17, 15) is 24.3 Å². The number of ether oxygens (including phenoxy) is 4. The topological polar surface area (TPSA) is 162 Å². The molecule has 12 heteroatoms. The van der Waals surface area contributed by atoms with Crippen LogP contribution in [-0.2, 0) is 30.3 Å². The third-order valence-corrected chi connectivity index (χ3v) is 6.60. The molecule has 12 nitrogen and oxygen atoms in total. The van der Waals surface area contributed by atoms with Gasteiger partial charge in [-0.25, -0.2) is 9.59 Å². The highest BCUT2D eigenvalue weighted by atomic mass is 16.6. The summed E-state index contributed by atoms with van der Waals surface area (Å²) < 4.78 is 21.7. The third-order valence-electron chi connectivity index (χ3n) is 6.60. The zero-order valence-corrected chi connectivity index (χ0v) is 25.0. The molecule has 0 unspecified atom stereocenters. The highest BCUT2D eigenvalue weighted by Crippen LogP contribution is 2.41. The monoisotopic (exact) mass is 605 g/mol. The largest absolute Gasteiger partial charge is 0.504 e. The molecule has 4 bridgehead atoms. The second-order valence-electron chi connectivity index (χ2n) is 11.0. The van der Waals surface area contributed by atoms with Crippen molar-refractivity contribution < 1.29 is 43.2 Å². The van der Waals surface area contributed by atoms with Crippen molar-refractivity contribution >= 4 is 23.9 Å². The van der Waals surface area contributed by atoms with E-state index < -0.39 is 47.6 Å². The maximum atomic E-state index is 13.8. The van der Waals surface area contributed by atoms with Crippen LogP contribution >= 0.6 is 0 Å². The van der Waals surface area contributed by atoms with Gasteiger partial charge in [0, 0.05) is 6.42 Å². The van der Waals surface area contributed by atoms with E-state index in [1.807, 2.05) is 0 Å². The molecule has 2 heterocycles. The average molecular weight is 606 g/mol. The fourth-order valence-corrected chi connectivity index (χ4v) is 4.58. The second-order valence-corrected chi connectivity index (χ2v) is 11.0. The quantitative estimate of drug-likeness (QED) is 0.324. The van der Waals surface area contributed by atoms with Gasteiger partial charge in [0.15, 0.2) is 17.5 Å². The van der Waals surface area contributed by atoms with Gasteiger partial charge in [-0.3, -0.25) is 9.59 Å². The fourth-order valence-electron chi connectivity index (χ4n) is 4.58. The second kappa shape index (κ2) is 13.4. The molecule has 0 radical (unpaired) electrons. The minimum Gasteiger partial charge on any atom is -0.504 e. The molecule has 44 heavy (non-hydrogen) atoms. The lowest BCUT2D eigenvalue weighted by Crippen LogP contribution is -2.52. The van der Waals surface area contributed by atoms with Crippen LogP contribution in [0.25, 0.3) is 0 Å². The molecule has 4 N–H and O–H groups in total. The molecule has 232 valence electrons. The lowest BCUT2D eigenvalue weighted by Gasteiger charge is -2.27. The molecule has 0 spiro atoms. The number of hydrogen-bond acceptors (Lipinski definition) is 9. The summed E-state index contributed by atoms with van der Waals surface area (Å²) in [6.45, 7) is 5.09. The smallest absolute Gasteiger partial charge is 0.408 e. The normalized spacial score (nSPS) is 18.7. The Morgan fingerprint density at radius 2 is 1.61 bits per heavy atom. The minimum atomic E-state index is -1.42. The van der Waals surface area contributed by atoms with E-state index in [0.717, 1.165) is 7.11 Å². The SMILES string of the molecule is COC(=O)[C@H]1NC(=O)[C@@H](c2ccccc2)NC(=O)[C@H](NC(=O)OC(C)(C)C)Cc2ccc(cc2)Oc2cc1cc(O)c2OC. The Bertz CT molecular complexity index is 1520. The maximum Gasteiger partial charge on any atom is 0.408 e. The van der Waals surface area contributed by atoms with Crippen LogP contribution in [0.2, 0.25) is 0 Å². The van der Waals surface area contributed by atoms with E-state index in [1.165, 1.54) is 19.2 Å². The predicted molar refractivity (Wildman–Crippen MR) is 158 cm³/mol. The number of fused-ring (bicyclic) bond motifs is 9. The molecule has 0 saturated carbocycles. The highest BCUT2D eigenvalue weighted by Gasteiger charge is 2.33. The lowest BCUT2D eigenvalue weighted by atomic mass is 10.0. The van der Waals surface area contributed by atoms with Gasteiger partial charge in [-0.1, -0.05) is 42.5 Å². The van der Waals surface area contributed by atoms with Crippen LogP contribution in [0.5, 0.6) is 23.0 Å². The van der Waals surface area contributed by atoms with Crippen LogP contribution < -0.4 is 25.4 Å². The van der Waals surface area contributed by atoms with Crippen molar-refractivity contribution in [1.82, 2.24) is 16.0 Å². The summed E-state index contributed by atoms with van der Waals surface area (Å²) in [5.41, 5.74) is 0.379. The van der Waals surface area contributed by atoms with Gasteiger partial charge >= 0.3 is 12.1 Å². The van der Waals surface area contributed by atoms with E-state index in [0.29, 0.717) is 16.9 Å². The van der Waals surface area contributed by atoms with E-state index in [1.54, 1.807) is 75.4 Å². The molecular formula is C32H35N3O9. The number of aromatic hydroxyl groups is 1. The standard InChI is InChI=1S/C32H35N3O9/c1-32(2,3)44-31(40)33-22-15-18-11-13-21(14-12-18)43-24-17-20(16-23(36)27(24)41-4)26(30(39)42-5)35-29(38)25(34-28(22)37)19-9-7-6-8-10-19/h6-14,16-17,22,25-26,36H,15H2,1-5H3,(H,33,40)(H,34,37)(H,35,38)/t22-,25-,26+/m1/s1. The Morgan fingerprint density at radius 1 is 0.932 bits per heavy atom. The lowest BCUT2D eigenvalue weighted by molar-refractivity contribution is -0.145. The third kappa shape index (κ3) is 7.77. The van der Waals surface area contributed by atoms with E-state index >= 15 is 0 Å². The molecule has 0 aliphatic carbocycles. The molecule has 2 aliphatic rings. The fraction of sp³-hybridized carbons (Fsp3) is 0.312. The van der Waals surface area contributed by atoms with Gasteiger partial charge in [-0.15, -0.1) is 0 Å². The van der Waals surface area contributed by atoms with Gasteiger partial charge in [0.2, 0.25) is 17.6 Å². The summed E-state index contributed by atoms with van der Waals surface area (Å²) in [4.78, 5) is 53.3. The molecule has 3 aromatic rings. The van der Waals surface area contributed by atoms with Gasteiger partial charge < -0.3 is 40.0 Å². The van der Waals surface area contributed by atoms with Crippen molar-refractivity contribution in [3.63, 3.8) is 0 Å². The van der Waals surface area contributed by atoms with Crippen LogP contribution in [0.4, 0.5) is 4.79 Å². The maximum absolute atomic E-state index is 13.8. The van der Waals surface area contributed by atoms with Crippen LogP contribution in [0, 0.1) is 0 Å². The molecule has 3 amide bonds. The van der Waals surface area contributed by atoms with Crippen molar-refractivity contribution in [3.05, 3.63) is 83.4 Å². The molecule has 5 rings (SSSR count). The zero-order valence-electron chi connectivity index (χ0n) is 25.0. The van der Waals surface area contributed by atoms with Gasteiger partial charge in [0.25, 0.3) is 0 Å². The summed E-state index contributed by atoms with van der Waals surface area (Å²) in [7, 11) is 2.50. The van der Waals surface area contributed by atoms with Crippen molar-refractivity contribution in [3.8, 4) is 23.0 Å². The van der Waals surface area contributed by atoms with E-state index in [-0.39, 0.29) is 29.2 Å². The molecule has 0 fully saturated rings. The number of phenolic OH excluding ortho intramolecular Hbond substituents is 1. The Morgan fingerprint density at radius 3 is 2.23 bits per heavy atom. The summed E-state index contributed by atoms with van der Waals surface area (Å²) in [5, 5.41) is 18.7. The van der Waals surface area contributed by atoms with E-state index in [4.69, 9.17) is 18.9 Å². The van der Waals surface area contributed by atoms with Crippen molar-refractivity contribution in [2.75, 3.05) is 14.2 Å². The molecule has 3 aromatic carbocycles. The number of esters is 1. The van der Waals surface area contributed by atoms with Gasteiger partial charge in [-0.2, -0.15) is 0 Å². The number of alkyl carbamates (subject to hydrolysis) is 1. The van der Waals surface area contributed by atoms with Crippen LogP contribution in [0.1, 0.15) is 49.5 Å². The van der Waals surface area contributed by atoms with Gasteiger partial charge in [-0.05, 0) is 61.7 Å². The molecule has 3 atom stereocenters. The number of carbonyl (C=O) groups is 4. The first-order valence-corrected chi connectivity index (χ1v) is 13.8. The van der Waals surface area contributed by atoms with Crippen LogP contribution in [0.15, 0.2) is 66.7 Å². The predicted octanol–water partition coefficient (Wildman–Crippen LogP) is 3.83. The van der Waals surface area contributed by atoms with Gasteiger partial charge in [0.05, 0.1) is 14.2 Å². The number of rotatable bonds is 4. The Kier molecular flexibility index (Phi) is 9.62. The highest BCUT2D eigenvalue weighted by molar-refractivity contribution is 5.94. The number of hydrogen-bond donors (Lipinski definition) is 4. The minimum absolute atomic E-state index is 0.00457. The van der Waals surface area contributed by atoms with Crippen molar-refractivity contribution in [2.45, 2.75) is 50.9 Å². The number of nitrogens with one attached hydrogen (secondary N) is 3. The number of phenols is 1. The summed E-state index contributed by atoms with van der Waals surface area (Å²) in [6, 6.07) is 13.9. The molecule has 2 aliphatic heterocycles. The Labute approximate surface area is 254 Å². The molecule has 0 saturated heterocycles. The first-order valence-electron chi connectivity index (χ1n) is 13.8. The number of amides is 3. The summed E-state index contributed by atoms with van der Waals surface area (Å²) in [5.74, 6) is -2.20. The van der Waals surface area contributed by atoms with Gasteiger partial charge in [0.1, 0.15) is 23.4 Å². The van der Waals surface area contributed by atoms with Crippen molar-refractivity contribution in [2.24, 2.45) is 0 Å². The zero-order chi connectivity index (χ0) is 32.0. The Balaban J connectivity index is 1.84. The molecule has 0 aromatic heterocycles. The molecular weight excluding hydrogens is 570 g/mol. The first-order chi connectivity index (χ1) is 20.9. The first kappa shape index (κ1) is 31.7. The number of benzene rings is 3. The summed E-state index contributed by atoms with van der Waals surface area (Å²) in [6.07, 6.45) is -0.775. The Hall–Kier alpha value is -5.26. The summed E-state index contributed by atoms with van der Waals surface area (Å²) >= 11 is 0. The number of carbonyl (C=O) groups excluding carboxylic acids is 4. The van der Waals surface area contributed by atoms with Crippen LogP contribution in [-0.4, -0.2) is 54.8 Å². The van der Waals surface area contributed by atoms with Crippen molar-refractivity contribution in [1.29, 1.82) is 0 Å². The average Bonchev–Trinajstić information content (AvgIpc) is 2.97. The van der Waals surface area contributed by atoms with Crippen LogP contribution in [0.3, 0.4) is 0 Å². The number of methoxy groups -OCH3 is 2.